The van der Waals surface area contributed by atoms with E-state index in [1.165, 1.54) is 19.2 Å². The van der Waals surface area contributed by atoms with Gasteiger partial charge in [0.05, 0.1) is 25.2 Å². The number of methoxy groups -OCH3 is 1. The summed E-state index contributed by atoms with van der Waals surface area (Å²) in [6.45, 7) is 1.04. The number of hydrogen-bond donors (Lipinski definition) is 2. The number of nitrogens with zero attached hydrogens (tertiary/aromatic N) is 2. The summed E-state index contributed by atoms with van der Waals surface area (Å²) < 4.78 is 5.16. The first-order valence-electron chi connectivity index (χ1n) is 5.87. The molecule has 0 aromatic heterocycles. The van der Waals surface area contributed by atoms with Crippen LogP contribution in [-0.4, -0.2) is 53.4 Å². The van der Waals surface area contributed by atoms with Gasteiger partial charge >= 0.3 is 0 Å². The van der Waals surface area contributed by atoms with Crippen LogP contribution in [-0.2, 0) is 6.54 Å². The van der Waals surface area contributed by atoms with Gasteiger partial charge in [0.15, 0.2) is 0 Å². The van der Waals surface area contributed by atoms with Crippen LogP contribution in [0.4, 0.5) is 5.69 Å². The summed E-state index contributed by atoms with van der Waals surface area (Å²) in [5.74, 6) is 0.548. The fourth-order valence-corrected chi connectivity index (χ4v) is 1.80. The van der Waals surface area contributed by atoms with Crippen molar-refractivity contribution in [2.75, 3.05) is 33.4 Å². The molecule has 7 heteroatoms. The van der Waals surface area contributed by atoms with E-state index in [9.17, 15) is 10.1 Å². The van der Waals surface area contributed by atoms with Crippen molar-refractivity contribution < 1.29 is 19.9 Å². The number of hydrogen-bond acceptors (Lipinski definition) is 6. The molecule has 0 aliphatic rings. The molecule has 0 bridgehead atoms. The van der Waals surface area contributed by atoms with Gasteiger partial charge in [-0.15, -0.1) is 0 Å². The van der Waals surface area contributed by atoms with E-state index in [2.05, 4.69) is 0 Å². The summed E-state index contributed by atoms with van der Waals surface area (Å²) >= 11 is 0. The lowest BCUT2D eigenvalue weighted by molar-refractivity contribution is -0.384. The molecule has 0 saturated heterocycles. The molecule has 0 aliphatic carbocycles. The predicted molar refractivity (Wildman–Crippen MR) is 69.1 cm³/mol. The van der Waals surface area contributed by atoms with Gasteiger partial charge in [-0.3, -0.25) is 15.0 Å². The van der Waals surface area contributed by atoms with Crippen molar-refractivity contribution in [3.05, 3.63) is 33.9 Å². The second-order valence-electron chi connectivity index (χ2n) is 3.98. The first-order chi connectivity index (χ1) is 9.12. The molecule has 0 heterocycles. The minimum atomic E-state index is -0.467. The van der Waals surface area contributed by atoms with Gasteiger partial charge in [0.1, 0.15) is 5.75 Å². The quantitative estimate of drug-likeness (QED) is 0.524. The predicted octanol–water partition coefficient (Wildman–Crippen LogP) is 0.390. The molecular weight excluding hydrogens is 252 g/mol. The summed E-state index contributed by atoms with van der Waals surface area (Å²) in [5.41, 5.74) is 0.641. The molecule has 0 radical (unpaired) electrons. The highest BCUT2D eigenvalue weighted by Gasteiger charge is 2.14. The van der Waals surface area contributed by atoms with Crippen LogP contribution < -0.4 is 4.74 Å². The zero-order chi connectivity index (χ0) is 14.3. The first kappa shape index (κ1) is 15.4. The van der Waals surface area contributed by atoms with E-state index in [4.69, 9.17) is 14.9 Å². The number of nitro benzene ring substituents is 1. The molecule has 0 spiro atoms. The second-order valence-corrected chi connectivity index (χ2v) is 3.98. The lowest BCUT2D eigenvalue weighted by Gasteiger charge is -2.21. The second kappa shape index (κ2) is 7.67. The summed E-state index contributed by atoms with van der Waals surface area (Å²) in [5, 5.41) is 28.7. The minimum absolute atomic E-state index is 0.0104. The number of nitro groups is 1. The van der Waals surface area contributed by atoms with E-state index >= 15 is 0 Å². The van der Waals surface area contributed by atoms with Crippen molar-refractivity contribution in [1.29, 1.82) is 0 Å². The summed E-state index contributed by atoms with van der Waals surface area (Å²) in [4.78, 5) is 12.1. The Kier molecular flexibility index (Phi) is 6.20. The molecule has 0 saturated carbocycles. The van der Waals surface area contributed by atoms with Gasteiger partial charge in [-0.2, -0.15) is 0 Å². The Morgan fingerprint density at radius 1 is 1.32 bits per heavy atom. The summed E-state index contributed by atoms with van der Waals surface area (Å²) in [6.07, 6.45) is 0. The van der Waals surface area contributed by atoms with Gasteiger partial charge in [0.25, 0.3) is 5.69 Å². The maximum Gasteiger partial charge on any atom is 0.270 e. The van der Waals surface area contributed by atoms with E-state index < -0.39 is 4.92 Å². The zero-order valence-corrected chi connectivity index (χ0v) is 10.8. The monoisotopic (exact) mass is 270 g/mol. The summed E-state index contributed by atoms with van der Waals surface area (Å²) in [6, 6.07) is 4.37. The molecule has 1 aromatic carbocycles. The smallest absolute Gasteiger partial charge is 0.270 e. The standard InChI is InChI=1S/C12H18N2O5/c1-19-12-3-2-11(14(17)18)8-10(12)9-13(4-6-15)5-7-16/h2-3,8,15-16H,4-7,9H2,1H3. The molecule has 7 nitrogen and oxygen atoms in total. The Labute approximate surface area is 111 Å². The van der Waals surface area contributed by atoms with Crippen molar-refractivity contribution >= 4 is 5.69 Å². The zero-order valence-electron chi connectivity index (χ0n) is 10.8. The number of non-ortho nitro benzene ring substituents is 1. The molecule has 19 heavy (non-hydrogen) atoms. The highest BCUT2D eigenvalue weighted by Crippen LogP contribution is 2.25. The molecule has 1 aromatic rings. The van der Waals surface area contributed by atoms with Crippen LogP contribution in [0.2, 0.25) is 0 Å². The van der Waals surface area contributed by atoms with Gasteiger partial charge in [-0.1, -0.05) is 0 Å². The average Bonchev–Trinajstić information content (AvgIpc) is 2.39. The van der Waals surface area contributed by atoms with Crippen molar-refractivity contribution in [1.82, 2.24) is 4.90 Å². The fraction of sp³-hybridized carbons (Fsp3) is 0.500. The third-order valence-corrected chi connectivity index (χ3v) is 2.70. The van der Waals surface area contributed by atoms with E-state index in [0.29, 0.717) is 30.9 Å². The van der Waals surface area contributed by atoms with Crippen LogP contribution in [0.25, 0.3) is 0 Å². The highest BCUT2D eigenvalue weighted by molar-refractivity contribution is 5.43. The number of aliphatic hydroxyl groups is 2. The Hall–Kier alpha value is -1.70. The largest absolute Gasteiger partial charge is 0.496 e. The number of rotatable bonds is 8. The molecule has 1 rings (SSSR count). The number of aliphatic hydroxyl groups excluding tert-OH is 2. The van der Waals surface area contributed by atoms with Crippen molar-refractivity contribution in [2.45, 2.75) is 6.54 Å². The molecule has 0 unspecified atom stereocenters. The van der Waals surface area contributed by atoms with Crippen LogP contribution in [0.5, 0.6) is 5.75 Å². The van der Waals surface area contributed by atoms with Gasteiger partial charge in [0, 0.05) is 37.3 Å². The topological polar surface area (TPSA) is 96.1 Å². The first-order valence-corrected chi connectivity index (χ1v) is 5.87. The third kappa shape index (κ3) is 4.47. The fourth-order valence-electron chi connectivity index (χ4n) is 1.80. The number of ether oxygens (including phenoxy) is 1. The van der Waals surface area contributed by atoms with Crippen molar-refractivity contribution in [2.24, 2.45) is 0 Å². The SMILES string of the molecule is COc1ccc([N+](=O)[O-])cc1CN(CCO)CCO. The lowest BCUT2D eigenvalue weighted by atomic mass is 10.1. The third-order valence-electron chi connectivity index (χ3n) is 2.70. The normalized spacial score (nSPS) is 10.7. The molecule has 2 N–H and O–H groups in total. The van der Waals surface area contributed by atoms with Crippen molar-refractivity contribution in [3.63, 3.8) is 0 Å². The molecule has 0 fully saturated rings. The Morgan fingerprint density at radius 3 is 2.42 bits per heavy atom. The maximum atomic E-state index is 10.8. The maximum absolute atomic E-state index is 10.8. The number of benzene rings is 1. The van der Waals surface area contributed by atoms with Crippen LogP contribution in [0.3, 0.4) is 0 Å². The molecule has 106 valence electrons. The van der Waals surface area contributed by atoms with E-state index in [-0.39, 0.29) is 18.9 Å². The minimum Gasteiger partial charge on any atom is -0.496 e. The van der Waals surface area contributed by atoms with Gasteiger partial charge < -0.3 is 14.9 Å². The summed E-state index contributed by atoms with van der Waals surface area (Å²) in [7, 11) is 1.49. The van der Waals surface area contributed by atoms with Crippen LogP contribution in [0.15, 0.2) is 18.2 Å². The van der Waals surface area contributed by atoms with E-state index in [0.717, 1.165) is 0 Å². The molecule has 0 amide bonds. The van der Waals surface area contributed by atoms with Crippen molar-refractivity contribution in [3.8, 4) is 5.75 Å². The van der Waals surface area contributed by atoms with E-state index in [1.807, 2.05) is 0 Å². The van der Waals surface area contributed by atoms with Crippen LogP contribution >= 0.6 is 0 Å². The van der Waals surface area contributed by atoms with Gasteiger partial charge in [0.2, 0.25) is 0 Å². The van der Waals surface area contributed by atoms with Gasteiger partial charge in [-0.25, -0.2) is 0 Å². The van der Waals surface area contributed by atoms with Crippen LogP contribution in [0.1, 0.15) is 5.56 Å². The van der Waals surface area contributed by atoms with Gasteiger partial charge in [-0.05, 0) is 6.07 Å². The van der Waals surface area contributed by atoms with E-state index in [1.54, 1.807) is 11.0 Å². The molecule has 0 aliphatic heterocycles. The average molecular weight is 270 g/mol. The highest BCUT2D eigenvalue weighted by atomic mass is 16.6. The van der Waals surface area contributed by atoms with Crippen LogP contribution in [0, 0.1) is 10.1 Å². The lowest BCUT2D eigenvalue weighted by Crippen LogP contribution is -2.29. The Bertz CT molecular complexity index is 419. The molecule has 0 atom stereocenters. The Balaban J connectivity index is 2.94. The Morgan fingerprint density at radius 2 is 1.95 bits per heavy atom. The molecular formula is C12H18N2O5.